The molecule has 0 aliphatic carbocycles. The van der Waals surface area contributed by atoms with Gasteiger partial charge in [-0.15, -0.1) is 0 Å². The van der Waals surface area contributed by atoms with E-state index < -0.39 is 5.97 Å². The highest BCUT2D eigenvalue weighted by Gasteiger charge is 2.09. The van der Waals surface area contributed by atoms with Crippen molar-refractivity contribution in [2.24, 2.45) is 0 Å². The molecule has 0 spiro atoms. The molecule has 0 saturated heterocycles. The van der Waals surface area contributed by atoms with Gasteiger partial charge in [0.1, 0.15) is 5.75 Å². The minimum absolute atomic E-state index is 0.0579. The Kier molecular flexibility index (Phi) is 3.92. The zero-order chi connectivity index (χ0) is 13.8. The first-order valence-electron chi connectivity index (χ1n) is 5.61. The van der Waals surface area contributed by atoms with Crippen molar-refractivity contribution in [1.82, 2.24) is 0 Å². The summed E-state index contributed by atoms with van der Waals surface area (Å²) in [5.41, 5.74) is 1.61. The molecule has 0 bridgehead atoms. The smallest absolute Gasteiger partial charge is 0.337 e. The second-order valence-corrected chi connectivity index (χ2v) is 4.43. The van der Waals surface area contributed by atoms with Crippen LogP contribution >= 0.6 is 11.6 Å². The quantitative estimate of drug-likeness (QED) is 0.801. The van der Waals surface area contributed by atoms with Crippen molar-refractivity contribution in [3.8, 4) is 5.75 Å². The normalized spacial score (nSPS) is 10.2. The Morgan fingerprint density at radius 1 is 1.21 bits per heavy atom. The molecule has 0 fully saturated rings. The van der Waals surface area contributed by atoms with E-state index in [0.29, 0.717) is 12.2 Å². The molecule has 0 heterocycles. The van der Waals surface area contributed by atoms with Crippen LogP contribution in [0.4, 0.5) is 5.69 Å². The molecule has 4 nitrogen and oxygen atoms in total. The Balaban J connectivity index is 2.12. The van der Waals surface area contributed by atoms with Crippen molar-refractivity contribution >= 4 is 23.3 Å². The second kappa shape index (κ2) is 5.63. The van der Waals surface area contributed by atoms with Crippen LogP contribution in [0.15, 0.2) is 42.5 Å². The fourth-order valence-corrected chi connectivity index (χ4v) is 1.87. The maximum Gasteiger partial charge on any atom is 0.337 e. The topological polar surface area (TPSA) is 69.6 Å². The fourth-order valence-electron chi connectivity index (χ4n) is 1.67. The number of hydrogen-bond acceptors (Lipinski definition) is 3. The summed E-state index contributed by atoms with van der Waals surface area (Å²) >= 11 is 5.79. The zero-order valence-electron chi connectivity index (χ0n) is 9.93. The number of benzene rings is 2. The summed E-state index contributed by atoms with van der Waals surface area (Å²) in [6.45, 7) is 0.481. The number of aromatic carboxylic acids is 1. The van der Waals surface area contributed by atoms with Crippen LogP contribution < -0.4 is 5.32 Å². The highest BCUT2D eigenvalue weighted by molar-refractivity contribution is 6.33. The van der Waals surface area contributed by atoms with E-state index in [0.717, 1.165) is 5.56 Å². The maximum atomic E-state index is 10.9. The lowest BCUT2D eigenvalue weighted by Crippen LogP contribution is -2.02. The minimum atomic E-state index is -1.06. The minimum Gasteiger partial charge on any atom is -0.508 e. The van der Waals surface area contributed by atoms with Crippen LogP contribution in [0.3, 0.4) is 0 Å². The molecule has 0 atom stereocenters. The zero-order valence-corrected chi connectivity index (χ0v) is 10.7. The molecule has 3 N–H and O–H groups in total. The predicted molar refractivity (Wildman–Crippen MR) is 73.8 cm³/mol. The molecule has 0 aliphatic heterocycles. The van der Waals surface area contributed by atoms with Gasteiger partial charge in [0.15, 0.2) is 0 Å². The molecule has 98 valence electrons. The third-order valence-electron chi connectivity index (χ3n) is 2.60. The van der Waals surface area contributed by atoms with Gasteiger partial charge < -0.3 is 15.5 Å². The third-order valence-corrected chi connectivity index (χ3v) is 2.93. The van der Waals surface area contributed by atoms with E-state index in [1.165, 1.54) is 12.1 Å². The van der Waals surface area contributed by atoms with Crippen molar-refractivity contribution in [3.05, 3.63) is 58.6 Å². The molecule has 0 unspecified atom stereocenters. The number of carboxylic acids is 1. The number of phenolic OH excluding ortho intramolecular Hbond substituents is 1. The maximum absolute atomic E-state index is 10.9. The molecule has 0 aromatic heterocycles. The van der Waals surface area contributed by atoms with Crippen LogP contribution in [0.25, 0.3) is 0 Å². The Bertz CT molecular complexity index is 613. The molecular formula is C14H12ClNO3. The van der Waals surface area contributed by atoms with E-state index in [1.807, 2.05) is 6.07 Å². The Labute approximate surface area is 115 Å². The number of nitrogens with one attached hydrogen (secondary N) is 1. The number of halogens is 1. The molecule has 0 saturated carbocycles. The van der Waals surface area contributed by atoms with E-state index >= 15 is 0 Å². The van der Waals surface area contributed by atoms with Gasteiger partial charge in [0.2, 0.25) is 0 Å². The third kappa shape index (κ3) is 3.39. The molecule has 5 heteroatoms. The first kappa shape index (κ1) is 13.2. The monoisotopic (exact) mass is 277 g/mol. The van der Waals surface area contributed by atoms with Crippen LogP contribution in [0.5, 0.6) is 5.75 Å². The number of carboxylic acid groups (broad SMARTS) is 1. The molecule has 2 rings (SSSR count). The standard InChI is InChI=1S/C14H12ClNO3/c15-13-5-4-10(7-12(13)14(18)19)16-8-9-2-1-3-11(17)6-9/h1-7,16-17H,8H2,(H,18,19). The van der Waals surface area contributed by atoms with Gasteiger partial charge in [-0.05, 0) is 35.9 Å². The van der Waals surface area contributed by atoms with E-state index in [9.17, 15) is 9.90 Å². The molecule has 0 aliphatic rings. The van der Waals surface area contributed by atoms with Gasteiger partial charge in [-0.25, -0.2) is 4.79 Å². The Morgan fingerprint density at radius 3 is 2.68 bits per heavy atom. The summed E-state index contributed by atoms with van der Waals surface area (Å²) in [5.74, 6) is -0.868. The van der Waals surface area contributed by atoms with Crippen molar-refractivity contribution in [1.29, 1.82) is 0 Å². The number of phenols is 1. The Hall–Kier alpha value is -2.20. The highest BCUT2D eigenvalue weighted by atomic mass is 35.5. The average Bonchev–Trinajstić information content (AvgIpc) is 2.37. The van der Waals surface area contributed by atoms with Crippen LogP contribution in [-0.2, 0) is 6.54 Å². The number of carbonyl (C=O) groups is 1. The number of aromatic hydroxyl groups is 1. The largest absolute Gasteiger partial charge is 0.508 e. The van der Waals surface area contributed by atoms with E-state index in [4.69, 9.17) is 16.7 Å². The van der Waals surface area contributed by atoms with E-state index in [-0.39, 0.29) is 16.3 Å². The van der Waals surface area contributed by atoms with Crippen LogP contribution in [0, 0.1) is 0 Å². The van der Waals surface area contributed by atoms with Crippen molar-refractivity contribution in [2.45, 2.75) is 6.54 Å². The lowest BCUT2D eigenvalue weighted by atomic mass is 10.2. The van der Waals surface area contributed by atoms with Gasteiger partial charge in [-0.2, -0.15) is 0 Å². The summed E-state index contributed by atoms with van der Waals surface area (Å²) in [4.78, 5) is 10.9. The summed E-state index contributed by atoms with van der Waals surface area (Å²) in [6, 6.07) is 11.6. The Morgan fingerprint density at radius 2 is 2.00 bits per heavy atom. The number of rotatable bonds is 4. The first-order chi connectivity index (χ1) is 9.06. The van der Waals surface area contributed by atoms with E-state index in [1.54, 1.807) is 24.3 Å². The number of hydrogen-bond donors (Lipinski definition) is 3. The van der Waals surface area contributed by atoms with Crippen molar-refractivity contribution in [2.75, 3.05) is 5.32 Å². The van der Waals surface area contributed by atoms with Gasteiger partial charge >= 0.3 is 5.97 Å². The van der Waals surface area contributed by atoms with Crippen LogP contribution in [0.1, 0.15) is 15.9 Å². The van der Waals surface area contributed by atoms with Gasteiger partial charge in [0, 0.05) is 12.2 Å². The molecular weight excluding hydrogens is 266 g/mol. The highest BCUT2D eigenvalue weighted by Crippen LogP contribution is 2.21. The first-order valence-corrected chi connectivity index (χ1v) is 5.98. The van der Waals surface area contributed by atoms with Crippen LogP contribution in [0.2, 0.25) is 5.02 Å². The fraction of sp³-hybridized carbons (Fsp3) is 0.0714. The summed E-state index contributed by atoms with van der Waals surface area (Å²) in [6.07, 6.45) is 0. The lowest BCUT2D eigenvalue weighted by Gasteiger charge is -2.08. The molecule has 0 amide bonds. The van der Waals surface area contributed by atoms with E-state index in [2.05, 4.69) is 5.32 Å². The van der Waals surface area contributed by atoms with Gasteiger partial charge in [-0.1, -0.05) is 23.7 Å². The molecule has 0 radical (unpaired) electrons. The van der Waals surface area contributed by atoms with Gasteiger partial charge in [0.05, 0.1) is 10.6 Å². The summed E-state index contributed by atoms with van der Waals surface area (Å²) in [5, 5.41) is 21.6. The van der Waals surface area contributed by atoms with Gasteiger partial charge in [0.25, 0.3) is 0 Å². The molecule has 2 aromatic carbocycles. The SMILES string of the molecule is O=C(O)c1cc(NCc2cccc(O)c2)ccc1Cl. The summed E-state index contributed by atoms with van der Waals surface area (Å²) in [7, 11) is 0. The van der Waals surface area contributed by atoms with Crippen LogP contribution in [-0.4, -0.2) is 16.2 Å². The molecule has 19 heavy (non-hydrogen) atoms. The average molecular weight is 278 g/mol. The van der Waals surface area contributed by atoms with Crippen molar-refractivity contribution in [3.63, 3.8) is 0 Å². The number of anilines is 1. The summed E-state index contributed by atoms with van der Waals surface area (Å²) < 4.78 is 0. The second-order valence-electron chi connectivity index (χ2n) is 4.02. The van der Waals surface area contributed by atoms with Gasteiger partial charge in [-0.3, -0.25) is 0 Å². The predicted octanol–water partition coefficient (Wildman–Crippen LogP) is 3.36. The molecule has 2 aromatic rings. The lowest BCUT2D eigenvalue weighted by molar-refractivity contribution is 0.0697. The van der Waals surface area contributed by atoms with Crippen molar-refractivity contribution < 1.29 is 15.0 Å².